The second-order valence-electron chi connectivity index (χ2n) is 4.91. The summed E-state index contributed by atoms with van der Waals surface area (Å²) in [4.78, 5) is 19.2. The number of aliphatic imine (C=N–C) groups is 1. The van der Waals surface area contributed by atoms with Gasteiger partial charge in [0.15, 0.2) is 0 Å². The van der Waals surface area contributed by atoms with Crippen molar-refractivity contribution in [3.63, 3.8) is 0 Å². The number of hydrogen-bond donors (Lipinski definition) is 0. The van der Waals surface area contributed by atoms with Gasteiger partial charge in [0.2, 0.25) is 0 Å². The molecule has 6 heteroatoms. The Balaban J connectivity index is 2.48. The van der Waals surface area contributed by atoms with Crippen molar-refractivity contribution in [2.45, 2.75) is 25.2 Å². The van der Waals surface area contributed by atoms with Crippen molar-refractivity contribution in [1.29, 1.82) is 5.26 Å². The Morgan fingerprint density at radius 3 is 2.95 bits per heavy atom. The zero-order valence-electron chi connectivity index (χ0n) is 11.8. The largest absolute Gasteiger partial charge is 0.469 e. The Labute approximate surface area is 122 Å². The summed E-state index contributed by atoms with van der Waals surface area (Å²) in [6.07, 6.45) is 4.25. The topological polar surface area (TPSA) is 65.7 Å². The first kappa shape index (κ1) is 14.5. The number of nitrogens with zero attached hydrogens (tertiary/aromatic N) is 3. The van der Waals surface area contributed by atoms with E-state index in [0.29, 0.717) is 10.6 Å². The first-order valence-electron chi connectivity index (χ1n) is 6.42. The minimum Gasteiger partial charge on any atom is -0.469 e. The first-order chi connectivity index (χ1) is 9.58. The number of aryl methyl sites for hydroxylation is 1. The number of hydrogen-bond acceptors (Lipinski definition) is 5. The Morgan fingerprint density at radius 1 is 1.60 bits per heavy atom. The maximum Gasteiger partial charge on any atom is 0.313 e. The molecule has 0 radical (unpaired) electrons. The minimum atomic E-state index is -0.321. The molecule has 1 atom stereocenters. The molecular weight excluding hydrogens is 274 g/mol. The highest BCUT2D eigenvalue weighted by atomic mass is 32.1. The van der Waals surface area contributed by atoms with Gasteiger partial charge in [-0.05, 0) is 19.3 Å². The summed E-state index contributed by atoms with van der Waals surface area (Å²) in [5.74, 6) is -0.582. The van der Waals surface area contributed by atoms with Gasteiger partial charge in [-0.1, -0.05) is 0 Å². The quantitative estimate of drug-likeness (QED) is 0.487. The molecule has 0 spiro atoms. The molecule has 0 amide bonds. The summed E-state index contributed by atoms with van der Waals surface area (Å²) in [5.41, 5.74) is 1.36. The monoisotopic (exact) mass is 291 g/mol. The molecule has 106 valence electrons. The van der Waals surface area contributed by atoms with Gasteiger partial charge in [0.1, 0.15) is 11.1 Å². The zero-order valence-corrected chi connectivity index (χ0v) is 12.7. The number of esters is 1. The van der Waals surface area contributed by atoms with Crippen LogP contribution < -0.4 is 0 Å². The van der Waals surface area contributed by atoms with Gasteiger partial charge in [-0.25, -0.2) is 4.99 Å². The summed E-state index contributed by atoms with van der Waals surface area (Å²) < 4.78 is 4.86. The first-order valence-corrected chi connectivity index (χ1v) is 7.24. The van der Waals surface area contributed by atoms with Crippen molar-refractivity contribution < 1.29 is 9.53 Å². The van der Waals surface area contributed by atoms with E-state index in [4.69, 9.17) is 4.74 Å². The molecule has 0 N–H and O–H groups in total. The number of carbonyl (C=O) groups is 1. The number of ether oxygens (including phenoxy) is 1. The van der Waals surface area contributed by atoms with Crippen molar-refractivity contribution >= 4 is 28.6 Å². The van der Waals surface area contributed by atoms with E-state index in [1.165, 1.54) is 18.4 Å². The number of thiophene rings is 1. The molecule has 0 fully saturated rings. The molecule has 0 bridgehead atoms. The molecule has 1 unspecified atom stereocenters. The van der Waals surface area contributed by atoms with Crippen molar-refractivity contribution in [2.75, 3.05) is 21.2 Å². The molecule has 2 rings (SSSR count). The maximum atomic E-state index is 11.9. The van der Waals surface area contributed by atoms with Gasteiger partial charge in [-0.2, -0.15) is 5.26 Å². The normalized spacial score (nSPS) is 17.6. The molecule has 1 heterocycles. The summed E-state index contributed by atoms with van der Waals surface area (Å²) in [7, 11) is 5.14. The van der Waals surface area contributed by atoms with E-state index in [1.54, 1.807) is 6.34 Å². The van der Waals surface area contributed by atoms with Crippen LogP contribution in [0.1, 0.15) is 34.8 Å². The van der Waals surface area contributed by atoms with Crippen LogP contribution in [0.3, 0.4) is 0 Å². The smallest absolute Gasteiger partial charge is 0.313 e. The Hall–Kier alpha value is -1.87. The summed E-state index contributed by atoms with van der Waals surface area (Å²) >= 11 is 1.51. The van der Waals surface area contributed by atoms with E-state index >= 15 is 0 Å². The van der Waals surface area contributed by atoms with Crippen molar-refractivity contribution in [3.8, 4) is 6.07 Å². The van der Waals surface area contributed by atoms with Gasteiger partial charge >= 0.3 is 5.97 Å². The second kappa shape index (κ2) is 6.06. The van der Waals surface area contributed by atoms with Gasteiger partial charge in [0, 0.05) is 24.5 Å². The van der Waals surface area contributed by atoms with E-state index in [2.05, 4.69) is 11.1 Å². The van der Waals surface area contributed by atoms with Crippen LogP contribution >= 0.6 is 11.3 Å². The molecular formula is C14H17N3O2S. The van der Waals surface area contributed by atoms with Crippen LogP contribution in [0, 0.1) is 11.3 Å². The molecule has 1 aliphatic carbocycles. The highest BCUT2D eigenvalue weighted by Gasteiger charge is 2.33. The van der Waals surface area contributed by atoms with Crippen LogP contribution in [0.2, 0.25) is 0 Å². The van der Waals surface area contributed by atoms with Crippen LogP contribution in [0.5, 0.6) is 0 Å². The summed E-state index contributed by atoms with van der Waals surface area (Å²) in [5, 5.41) is 10.1. The average Bonchev–Trinajstić information content (AvgIpc) is 2.81. The van der Waals surface area contributed by atoms with Gasteiger partial charge in [0.25, 0.3) is 0 Å². The Bertz CT molecular complexity index is 584. The van der Waals surface area contributed by atoms with E-state index in [0.717, 1.165) is 29.7 Å². The molecule has 0 saturated carbocycles. The van der Waals surface area contributed by atoms with Crippen LogP contribution in [-0.2, 0) is 16.0 Å². The standard InChI is InChI=1S/C14H17N3O2S/c1-17(2)8-16-13-10(7-15)12-9(14(18)19-3)5-4-6-11(12)20-13/h8-9H,4-6H2,1-3H3/b16-8+. The molecule has 0 aliphatic heterocycles. The minimum absolute atomic E-state index is 0.261. The van der Waals surface area contributed by atoms with Gasteiger partial charge in [0.05, 0.1) is 24.9 Å². The lowest BCUT2D eigenvalue weighted by atomic mass is 9.85. The van der Waals surface area contributed by atoms with Crippen molar-refractivity contribution in [1.82, 2.24) is 4.90 Å². The lowest BCUT2D eigenvalue weighted by Gasteiger charge is -2.20. The van der Waals surface area contributed by atoms with Gasteiger partial charge < -0.3 is 9.64 Å². The van der Waals surface area contributed by atoms with Gasteiger partial charge in [-0.15, -0.1) is 11.3 Å². The SMILES string of the molecule is COC(=O)C1CCCc2sc(/N=C/N(C)C)c(C#N)c21. The van der Waals surface area contributed by atoms with Crippen LogP contribution in [0.25, 0.3) is 0 Å². The third-order valence-electron chi connectivity index (χ3n) is 3.25. The van der Waals surface area contributed by atoms with Crippen molar-refractivity contribution in [2.24, 2.45) is 4.99 Å². The van der Waals surface area contributed by atoms with Gasteiger partial charge in [-0.3, -0.25) is 4.79 Å². The van der Waals surface area contributed by atoms with Crippen LogP contribution in [-0.4, -0.2) is 38.4 Å². The fourth-order valence-electron chi connectivity index (χ4n) is 2.39. The summed E-state index contributed by atoms with van der Waals surface area (Å²) in [6.45, 7) is 0. The highest BCUT2D eigenvalue weighted by Crippen LogP contribution is 2.44. The fourth-order valence-corrected chi connectivity index (χ4v) is 3.58. The molecule has 1 aliphatic rings. The lowest BCUT2D eigenvalue weighted by Crippen LogP contribution is -2.19. The molecule has 1 aromatic heterocycles. The van der Waals surface area contributed by atoms with E-state index in [1.807, 2.05) is 19.0 Å². The van der Waals surface area contributed by atoms with Crippen molar-refractivity contribution in [3.05, 3.63) is 16.0 Å². The van der Waals surface area contributed by atoms with E-state index in [-0.39, 0.29) is 11.9 Å². The number of rotatable bonds is 3. The van der Waals surface area contributed by atoms with Crippen LogP contribution in [0.4, 0.5) is 5.00 Å². The molecule has 5 nitrogen and oxygen atoms in total. The molecule has 20 heavy (non-hydrogen) atoms. The summed E-state index contributed by atoms with van der Waals surface area (Å²) in [6, 6.07) is 2.21. The van der Waals surface area contributed by atoms with E-state index < -0.39 is 0 Å². The Morgan fingerprint density at radius 2 is 2.35 bits per heavy atom. The average molecular weight is 291 g/mol. The van der Waals surface area contributed by atoms with Crippen LogP contribution in [0.15, 0.2) is 4.99 Å². The second-order valence-corrected chi connectivity index (χ2v) is 5.99. The lowest BCUT2D eigenvalue weighted by molar-refractivity contribution is -0.142. The number of fused-ring (bicyclic) bond motifs is 1. The third-order valence-corrected chi connectivity index (χ3v) is 4.43. The number of methoxy groups -OCH3 is 1. The zero-order chi connectivity index (χ0) is 14.7. The van der Waals surface area contributed by atoms with E-state index in [9.17, 15) is 10.1 Å². The fraction of sp³-hybridized carbons (Fsp3) is 0.500. The number of nitriles is 1. The molecule has 0 aromatic carbocycles. The number of carbonyl (C=O) groups excluding carboxylic acids is 1. The third kappa shape index (κ3) is 2.68. The highest BCUT2D eigenvalue weighted by molar-refractivity contribution is 7.16. The predicted molar refractivity (Wildman–Crippen MR) is 78.6 cm³/mol. The predicted octanol–water partition coefficient (Wildman–Crippen LogP) is 2.43. The molecule has 0 saturated heterocycles. The molecule has 1 aromatic rings. The Kier molecular flexibility index (Phi) is 4.40. The maximum absolute atomic E-state index is 11.9.